The number of Topliss-reactive ketones (excluding diaryl/α,β-unsaturated/α-hetero) is 1. The first-order chi connectivity index (χ1) is 7.70. The van der Waals surface area contributed by atoms with Crippen LogP contribution in [0.4, 0.5) is 0 Å². The van der Waals surface area contributed by atoms with E-state index in [1.54, 1.807) is 6.20 Å². The number of imidazole rings is 1. The Morgan fingerprint density at radius 1 is 1.62 bits per heavy atom. The zero-order valence-corrected chi connectivity index (χ0v) is 9.72. The second-order valence-corrected chi connectivity index (χ2v) is 4.54. The minimum Gasteiger partial charge on any atom is -0.335 e. The van der Waals surface area contributed by atoms with E-state index in [1.807, 2.05) is 10.8 Å². The summed E-state index contributed by atoms with van der Waals surface area (Å²) in [5.41, 5.74) is 5.82. The zero-order chi connectivity index (χ0) is 11.5. The summed E-state index contributed by atoms with van der Waals surface area (Å²) in [7, 11) is 0. The summed E-state index contributed by atoms with van der Waals surface area (Å²) in [6.07, 6.45) is 6.92. The van der Waals surface area contributed by atoms with Gasteiger partial charge in [-0.2, -0.15) is 0 Å². The zero-order valence-electron chi connectivity index (χ0n) is 9.72. The minimum atomic E-state index is 0.164. The minimum absolute atomic E-state index is 0.164. The van der Waals surface area contributed by atoms with Crippen molar-refractivity contribution < 1.29 is 4.79 Å². The number of hydrogen-bond acceptors (Lipinski definition) is 3. The summed E-state index contributed by atoms with van der Waals surface area (Å²) >= 11 is 0. The van der Waals surface area contributed by atoms with Crippen molar-refractivity contribution in [3.63, 3.8) is 0 Å². The highest BCUT2D eigenvalue weighted by molar-refractivity contribution is 5.83. The largest absolute Gasteiger partial charge is 0.335 e. The first kappa shape index (κ1) is 11.3. The van der Waals surface area contributed by atoms with Gasteiger partial charge in [-0.3, -0.25) is 4.79 Å². The molecule has 0 saturated heterocycles. The van der Waals surface area contributed by atoms with Crippen LogP contribution in [0.1, 0.15) is 32.0 Å². The molecule has 1 aromatic heterocycles. The van der Waals surface area contributed by atoms with Crippen LogP contribution in [0.3, 0.4) is 0 Å². The molecule has 4 heteroatoms. The molecule has 88 valence electrons. The second kappa shape index (κ2) is 4.78. The molecule has 4 nitrogen and oxygen atoms in total. The maximum Gasteiger partial charge on any atom is 0.143 e. The Hall–Kier alpha value is -1.16. The number of hydrogen-bond donors (Lipinski definition) is 1. The Morgan fingerprint density at radius 3 is 3.06 bits per heavy atom. The highest BCUT2D eigenvalue weighted by Crippen LogP contribution is 2.25. The third kappa shape index (κ3) is 2.32. The van der Waals surface area contributed by atoms with Crippen LogP contribution in [0.25, 0.3) is 0 Å². The molecule has 2 unspecified atom stereocenters. The molecule has 0 aromatic carbocycles. The van der Waals surface area contributed by atoms with Crippen molar-refractivity contribution in [1.29, 1.82) is 0 Å². The third-order valence-electron chi connectivity index (χ3n) is 3.40. The van der Waals surface area contributed by atoms with Crippen LogP contribution >= 0.6 is 0 Å². The molecule has 0 radical (unpaired) electrons. The smallest absolute Gasteiger partial charge is 0.143 e. The van der Waals surface area contributed by atoms with Crippen molar-refractivity contribution in [3.8, 4) is 0 Å². The summed E-state index contributed by atoms with van der Waals surface area (Å²) in [5.74, 6) is 1.35. The Kier molecular flexibility index (Phi) is 3.39. The molecule has 0 aliphatic heterocycles. The number of nitrogens with two attached hydrogens (primary N) is 1. The Bertz CT molecular complexity index is 372. The predicted molar refractivity (Wildman–Crippen MR) is 61.9 cm³/mol. The summed E-state index contributed by atoms with van der Waals surface area (Å²) in [6.45, 7) is 2.92. The van der Waals surface area contributed by atoms with Crippen molar-refractivity contribution in [3.05, 3.63) is 18.2 Å². The van der Waals surface area contributed by atoms with Gasteiger partial charge in [0, 0.05) is 30.9 Å². The first-order valence-electron chi connectivity index (χ1n) is 5.99. The summed E-state index contributed by atoms with van der Waals surface area (Å²) in [6, 6.07) is 0.222. The van der Waals surface area contributed by atoms with E-state index in [-0.39, 0.29) is 12.0 Å². The van der Waals surface area contributed by atoms with Crippen LogP contribution in [-0.2, 0) is 17.8 Å². The van der Waals surface area contributed by atoms with E-state index in [1.165, 1.54) is 0 Å². The van der Waals surface area contributed by atoms with Crippen LogP contribution in [0.2, 0.25) is 0 Å². The molecular formula is C12H19N3O. The van der Waals surface area contributed by atoms with Crippen molar-refractivity contribution >= 4 is 5.78 Å². The highest BCUT2D eigenvalue weighted by atomic mass is 16.1. The van der Waals surface area contributed by atoms with E-state index < -0.39 is 0 Å². The molecule has 1 aliphatic rings. The Balaban J connectivity index is 1.97. The van der Waals surface area contributed by atoms with Crippen LogP contribution < -0.4 is 5.73 Å². The summed E-state index contributed by atoms with van der Waals surface area (Å²) in [4.78, 5) is 16.2. The Morgan fingerprint density at radius 2 is 2.44 bits per heavy atom. The van der Waals surface area contributed by atoms with Gasteiger partial charge >= 0.3 is 0 Å². The molecule has 1 aromatic rings. The lowest BCUT2D eigenvalue weighted by atomic mass is 9.99. The van der Waals surface area contributed by atoms with Gasteiger partial charge in [0.05, 0.1) is 6.42 Å². The molecule has 1 aliphatic carbocycles. The van der Waals surface area contributed by atoms with E-state index in [0.29, 0.717) is 12.2 Å². The molecule has 0 spiro atoms. The number of carbonyl (C=O) groups excluding carboxylic acids is 1. The standard InChI is InChI=1S/C12H19N3O/c1-2-15-6-5-14-12(15)8-11(16)9-3-4-10(13)7-9/h5-6,9-10H,2-4,7-8,13H2,1H3. The van der Waals surface area contributed by atoms with Crippen molar-refractivity contribution in [1.82, 2.24) is 9.55 Å². The number of rotatable bonds is 4. The van der Waals surface area contributed by atoms with Crippen molar-refractivity contribution in [2.75, 3.05) is 0 Å². The van der Waals surface area contributed by atoms with E-state index in [9.17, 15) is 4.79 Å². The van der Waals surface area contributed by atoms with Crippen LogP contribution in [0, 0.1) is 5.92 Å². The van der Waals surface area contributed by atoms with Crippen molar-refractivity contribution in [2.24, 2.45) is 11.7 Å². The normalized spacial score (nSPS) is 24.9. The lowest BCUT2D eigenvalue weighted by molar-refractivity contribution is -0.122. The van der Waals surface area contributed by atoms with Gasteiger partial charge in [-0.15, -0.1) is 0 Å². The number of nitrogens with zero attached hydrogens (tertiary/aromatic N) is 2. The summed E-state index contributed by atoms with van der Waals surface area (Å²) < 4.78 is 2.02. The molecule has 16 heavy (non-hydrogen) atoms. The van der Waals surface area contributed by atoms with Crippen molar-refractivity contribution in [2.45, 2.75) is 45.2 Å². The molecule has 1 heterocycles. The lowest BCUT2D eigenvalue weighted by Gasteiger charge is -2.09. The SMILES string of the molecule is CCn1ccnc1CC(=O)C1CCC(N)C1. The molecule has 1 saturated carbocycles. The monoisotopic (exact) mass is 221 g/mol. The first-order valence-corrected chi connectivity index (χ1v) is 5.99. The quantitative estimate of drug-likeness (QED) is 0.829. The third-order valence-corrected chi connectivity index (χ3v) is 3.40. The number of aromatic nitrogens is 2. The van der Waals surface area contributed by atoms with Gasteiger partial charge in [0.2, 0.25) is 0 Å². The molecule has 2 atom stereocenters. The maximum absolute atomic E-state index is 12.0. The average molecular weight is 221 g/mol. The van der Waals surface area contributed by atoms with Gasteiger partial charge in [0.1, 0.15) is 11.6 Å². The molecule has 0 amide bonds. The highest BCUT2D eigenvalue weighted by Gasteiger charge is 2.28. The summed E-state index contributed by atoms with van der Waals surface area (Å²) in [5, 5.41) is 0. The van der Waals surface area contributed by atoms with Gasteiger partial charge < -0.3 is 10.3 Å². The fraction of sp³-hybridized carbons (Fsp3) is 0.667. The molecule has 0 bridgehead atoms. The molecule has 2 N–H and O–H groups in total. The molecular weight excluding hydrogens is 202 g/mol. The Labute approximate surface area is 95.9 Å². The number of ketones is 1. The van der Waals surface area contributed by atoms with Gasteiger partial charge in [-0.25, -0.2) is 4.98 Å². The van der Waals surface area contributed by atoms with Crippen LogP contribution in [0.15, 0.2) is 12.4 Å². The lowest BCUT2D eigenvalue weighted by Crippen LogP contribution is -2.20. The van der Waals surface area contributed by atoms with Gasteiger partial charge in [-0.1, -0.05) is 0 Å². The van der Waals surface area contributed by atoms with E-state index >= 15 is 0 Å². The van der Waals surface area contributed by atoms with Crippen LogP contribution in [-0.4, -0.2) is 21.4 Å². The van der Waals surface area contributed by atoms with Gasteiger partial charge in [0.15, 0.2) is 0 Å². The van der Waals surface area contributed by atoms with E-state index in [4.69, 9.17) is 5.73 Å². The van der Waals surface area contributed by atoms with E-state index in [0.717, 1.165) is 31.6 Å². The fourth-order valence-electron chi connectivity index (χ4n) is 2.40. The predicted octanol–water partition coefficient (Wildman–Crippen LogP) is 1.14. The second-order valence-electron chi connectivity index (χ2n) is 4.54. The molecule has 1 fully saturated rings. The topological polar surface area (TPSA) is 60.9 Å². The number of aryl methyl sites for hydroxylation is 1. The van der Waals surface area contributed by atoms with Gasteiger partial charge in [-0.05, 0) is 26.2 Å². The average Bonchev–Trinajstić information content (AvgIpc) is 2.86. The van der Waals surface area contributed by atoms with E-state index in [2.05, 4.69) is 11.9 Å². The number of carbonyl (C=O) groups is 1. The molecule has 2 rings (SSSR count). The fourth-order valence-corrected chi connectivity index (χ4v) is 2.40. The maximum atomic E-state index is 12.0. The van der Waals surface area contributed by atoms with Crippen LogP contribution in [0.5, 0.6) is 0 Å². The van der Waals surface area contributed by atoms with Gasteiger partial charge in [0.25, 0.3) is 0 Å².